The Labute approximate surface area is 133 Å². The Balaban J connectivity index is 1.87. The minimum absolute atomic E-state index is 0.193. The van der Waals surface area contributed by atoms with E-state index < -0.39 is 0 Å². The molecule has 2 rings (SSSR count). The third kappa shape index (κ3) is 5.04. The number of aliphatic imine (C=N–C) groups is 1. The largest absolute Gasteiger partial charge is 0.379 e. The third-order valence-corrected chi connectivity index (χ3v) is 5.57. The lowest BCUT2D eigenvalue weighted by atomic mass is 9.96. The highest BCUT2D eigenvalue weighted by Gasteiger charge is 2.40. The molecule has 0 saturated carbocycles. The molecular formula is C15H30N4OS. The zero-order chi connectivity index (χ0) is 15.1. The summed E-state index contributed by atoms with van der Waals surface area (Å²) in [7, 11) is 0. The molecule has 0 aromatic heterocycles. The first-order valence-corrected chi connectivity index (χ1v) is 9.22. The summed E-state index contributed by atoms with van der Waals surface area (Å²) in [5, 5.41) is 3.24. The second-order valence-corrected chi connectivity index (χ2v) is 7.54. The Morgan fingerprint density at radius 1 is 1.43 bits per heavy atom. The van der Waals surface area contributed by atoms with Crippen molar-refractivity contribution in [3.8, 4) is 0 Å². The Hall–Kier alpha value is -0.460. The second kappa shape index (κ2) is 8.25. The standard InChI is InChI=1S/C15H30N4OS/c1-13(2)3-5-17-14(16)18-11-15(4-10-21-12-15)19-6-8-20-9-7-19/h13H,3-12H2,1-2H3,(H3,16,17,18). The van der Waals surface area contributed by atoms with Gasteiger partial charge in [0.05, 0.1) is 25.3 Å². The van der Waals surface area contributed by atoms with E-state index in [9.17, 15) is 0 Å². The summed E-state index contributed by atoms with van der Waals surface area (Å²) in [6, 6.07) is 0. The molecule has 5 nitrogen and oxygen atoms in total. The van der Waals surface area contributed by atoms with Gasteiger partial charge >= 0.3 is 0 Å². The predicted octanol–water partition coefficient (Wildman–Crippen LogP) is 1.14. The number of nitrogens with one attached hydrogen (secondary N) is 1. The number of rotatable bonds is 6. The van der Waals surface area contributed by atoms with E-state index in [1.807, 2.05) is 11.8 Å². The van der Waals surface area contributed by atoms with Gasteiger partial charge in [-0.05, 0) is 24.5 Å². The van der Waals surface area contributed by atoms with E-state index in [0.717, 1.165) is 51.6 Å². The number of thioether (sulfide) groups is 1. The molecule has 3 N–H and O–H groups in total. The minimum Gasteiger partial charge on any atom is -0.379 e. The maximum absolute atomic E-state index is 6.02. The molecule has 1 atom stereocenters. The van der Waals surface area contributed by atoms with E-state index in [1.165, 1.54) is 12.2 Å². The summed E-state index contributed by atoms with van der Waals surface area (Å²) in [5.74, 6) is 3.68. The molecule has 2 aliphatic heterocycles. The topological polar surface area (TPSA) is 62.9 Å². The molecule has 2 saturated heterocycles. The number of morpholine rings is 1. The number of ether oxygens (including phenoxy) is 1. The van der Waals surface area contributed by atoms with E-state index in [2.05, 4.69) is 29.1 Å². The molecule has 0 aliphatic carbocycles. The van der Waals surface area contributed by atoms with Crippen LogP contribution in [0.2, 0.25) is 0 Å². The van der Waals surface area contributed by atoms with Crippen molar-refractivity contribution < 1.29 is 4.74 Å². The van der Waals surface area contributed by atoms with Crippen LogP contribution in [0.15, 0.2) is 4.99 Å². The molecule has 0 spiro atoms. The van der Waals surface area contributed by atoms with Gasteiger partial charge in [-0.25, -0.2) is 0 Å². The van der Waals surface area contributed by atoms with Gasteiger partial charge in [0.15, 0.2) is 5.96 Å². The Morgan fingerprint density at radius 2 is 2.19 bits per heavy atom. The molecule has 0 amide bonds. The molecule has 2 aliphatic rings. The molecule has 122 valence electrons. The van der Waals surface area contributed by atoms with Crippen LogP contribution in [-0.2, 0) is 4.74 Å². The molecule has 2 fully saturated rings. The minimum atomic E-state index is 0.193. The zero-order valence-corrected chi connectivity index (χ0v) is 14.3. The van der Waals surface area contributed by atoms with Gasteiger partial charge in [-0.2, -0.15) is 11.8 Å². The molecular weight excluding hydrogens is 284 g/mol. The number of hydrogen-bond acceptors (Lipinski definition) is 4. The van der Waals surface area contributed by atoms with Gasteiger partial charge in [0, 0.05) is 25.4 Å². The Kier molecular flexibility index (Phi) is 6.64. The molecule has 0 bridgehead atoms. The van der Waals surface area contributed by atoms with Crippen molar-refractivity contribution in [3.63, 3.8) is 0 Å². The molecule has 0 aromatic carbocycles. The van der Waals surface area contributed by atoms with Crippen molar-refractivity contribution in [2.45, 2.75) is 32.2 Å². The van der Waals surface area contributed by atoms with Crippen LogP contribution in [0.25, 0.3) is 0 Å². The summed E-state index contributed by atoms with van der Waals surface area (Å²) < 4.78 is 5.48. The van der Waals surface area contributed by atoms with E-state index in [0.29, 0.717) is 11.9 Å². The fourth-order valence-corrected chi connectivity index (χ4v) is 4.35. The van der Waals surface area contributed by atoms with Crippen LogP contribution in [0, 0.1) is 5.92 Å². The van der Waals surface area contributed by atoms with Gasteiger partial charge in [0.2, 0.25) is 0 Å². The molecule has 21 heavy (non-hydrogen) atoms. The zero-order valence-electron chi connectivity index (χ0n) is 13.4. The summed E-state index contributed by atoms with van der Waals surface area (Å²) in [4.78, 5) is 7.21. The normalized spacial score (nSPS) is 28.2. The lowest BCUT2D eigenvalue weighted by molar-refractivity contribution is -0.0104. The molecule has 0 radical (unpaired) electrons. The van der Waals surface area contributed by atoms with Crippen molar-refractivity contribution >= 4 is 17.7 Å². The monoisotopic (exact) mass is 314 g/mol. The van der Waals surface area contributed by atoms with Gasteiger partial charge in [-0.3, -0.25) is 9.89 Å². The van der Waals surface area contributed by atoms with Gasteiger partial charge in [-0.1, -0.05) is 13.8 Å². The average molecular weight is 314 g/mol. The van der Waals surface area contributed by atoms with Gasteiger partial charge in [0.25, 0.3) is 0 Å². The number of nitrogens with two attached hydrogens (primary N) is 1. The molecule has 6 heteroatoms. The van der Waals surface area contributed by atoms with Crippen LogP contribution in [0.3, 0.4) is 0 Å². The summed E-state index contributed by atoms with van der Waals surface area (Å²) in [6.07, 6.45) is 2.33. The fraction of sp³-hybridized carbons (Fsp3) is 0.933. The average Bonchev–Trinajstić information content (AvgIpc) is 2.96. The van der Waals surface area contributed by atoms with Crippen molar-refractivity contribution in [2.24, 2.45) is 16.6 Å². The fourth-order valence-electron chi connectivity index (χ4n) is 2.89. The third-order valence-electron chi connectivity index (χ3n) is 4.34. The Bertz CT molecular complexity index is 337. The highest BCUT2D eigenvalue weighted by atomic mass is 32.2. The predicted molar refractivity (Wildman–Crippen MR) is 91.0 cm³/mol. The van der Waals surface area contributed by atoms with E-state index >= 15 is 0 Å². The van der Waals surface area contributed by atoms with Gasteiger partial charge in [0.1, 0.15) is 0 Å². The quantitative estimate of drug-likeness (QED) is 0.569. The van der Waals surface area contributed by atoms with E-state index in [-0.39, 0.29) is 5.54 Å². The lowest BCUT2D eigenvalue weighted by Crippen LogP contribution is -2.56. The first-order chi connectivity index (χ1) is 10.1. The van der Waals surface area contributed by atoms with E-state index in [1.54, 1.807) is 0 Å². The highest BCUT2D eigenvalue weighted by Crippen LogP contribution is 2.34. The maximum Gasteiger partial charge on any atom is 0.188 e. The first-order valence-electron chi connectivity index (χ1n) is 8.07. The molecule has 1 unspecified atom stereocenters. The Morgan fingerprint density at radius 3 is 2.81 bits per heavy atom. The lowest BCUT2D eigenvalue weighted by Gasteiger charge is -2.42. The number of hydrogen-bond donors (Lipinski definition) is 2. The van der Waals surface area contributed by atoms with E-state index in [4.69, 9.17) is 10.5 Å². The van der Waals surface area contributed by atoms with Crippen molar-refractivity contribution in [1.82, 2.24) is 10.2 Å². The second-order valence-electron chi connectivity index (χ2n) is 6.44. The van der Waals surface area contributed by atoms with Crippen molar-refractivity contribution in [1.29, 1.82) is 0 Å². The van der Waals surface area contributed by atoms with Crippen LogP contribution in [-0.4, -0.2) is 67.3 Å². The number of guanidine groups is 1. The smallest absolute Gasteiger partial charge is 0.188 e. The van der Waals surface area contributed by atoms with Crippen LogP contribution in [0.4, 0.5) is 0 Å². The molecule has 2 heterocycles. The van der Waals surface area contributed by atoms with Crippen molar-refractivity contribution in [3.05, 3.63) is 0 Å². The van der Waals surface area contributed by atoms with Crippen LogP contribution < -0.4 is 11.1 Å². The highest BCUT2D eigenvalue weighted by molar-refractivity contribution is 7.99. The molecule has 0 aromatic rings. The summed E-state index contributed by atoms with van der Waals surface area (Å²) >= 11 is 2.04. The summed E-state index contributed by atoms with van der Waals surface area (Å²) in [5.41, 5.74) is 6.21. The van der Waals surface area contributed by atoms with Gasteiger partial charge in [-0.15, -0.1) is 0 Å². The summed E-state index contributed by atoms with van der Waals surface area (Å²) in [6.45, 7) is 9.90. The SMILES string of the molecule is CC(C)CCNC(N)=NCC1(N2CCOCC2)CCSC1. The first kappa shape index (κ1) is 16.9. The van der Waals surface area contributed by atoms with Crippen LogP contribution >= 0.6 is 11.8 Å². The van der Waals surface area contributed by atoms with Crippen LogP contribution in [0.5, 0.6) is 0 Å². The van der Waals surface area contributed by atoms with Crippen LogP contribution in [0.1, 0.15) is 26.7 Å². The maximum atomic E-state index is 6.02. The van der Waals surface area contributed by atoms with Crippen molar-refractivity contribution in [2.75, 3.05) is 50.9 Å². The number of nitrogens with zero attached hydrogens (tertiary/aromatic N) is 2. The van der Waals surface area contributed by atoms with Gasteiger partial charge < -0.3 is 15.8 Å².